The molecule has 6 nitrogen and oxygen atoms in total. The van der Waals surface area contributed by atoms with Crippen molar-refractivity contribution in [2.24, 2.45) is 0 Å². The Morgan fingerprint density at radius 1 is 1.29 bits per heavy atom. The number of carboxylic acids is 1. The maximum Gasteiger partial charge on any atom is 0.356 e. The maximum atomic E-state index is 10.6. The molecular weight excluding hydrogens is 240 g/mol. The first kappa shape index (κ1) is 11.5. The number of aromatic carboxylic acids is 1. The Morgan fingerprint density at radius 3 is 2.71 bits per heavy atom. The van der Waals surface area contributed by atoms with E-state index in [9.17, 15) is 4.79 Å². The summed E-state index contributed by atoms with van der Waals surface area (Å²) in [7, 11) is 0. The van der Waals surface area contributed by atoms with E-state index in [-0.39, 0.29) is 5.69 Å². The third-order valence-corrected chi connectivity index (χ3v) is 2.62. The Kier molecular flexibility index (Phi) is 3.29. The monoisotopic (exact) mass is 248 g/mol. The summed E-state index contributed by atoms with van der Waals surface area (Å²) < 4.78 is 0. The van der Waals surface area contributed by atoms with Crippen molar-refractivity contribution in [3.63, 3.8) is 0 Å². The van der Waals surface area contributed by atoms with Crippen LogP contribution in [0.1, 0.15) is 16.2 Å². The van der Waals surface area contributed by atoms with Crippen LogP contribution in [0.15, 0.2) is 34.8 Å². The molecule has 0 atom stereocenters. The van der Waals surface area contributed by atoms with Crippen LogP contribution in [0.25, 0.3) is 0 Å². The van der Waals surface area contributed by atoms with Gasteiger partial charge in [0.1, 0.15) is 5.03 Å². The van der Waals surface area contributed by atoms with Crippen LogP contribution in [-0.2, 0) is 0 Å². The van der Waals surface area contributed by atoms with Crippen LogP contribution in [0.3, 0.4) is 0 Å². The number of rotatable bonds is 3. The van der Waals surface area contributed by atoms with E-state index in [0.29, 0.717) is 10.2 Å². The highest BCUT2D eigenvalue weighted by molar-refractivity contribution is 7.99. The molecule has 0 unspecified atom stereocenters. The fourth-order valence-electron chi connectivity index (χ4n) is 1.05. The zero-order valence-electron chi connectivity index (χ0n) is 8.86. The summed E-state index contributed by atoms with van der Waals surface area (Å²) in [4.78, 5) is 26.6. The second kappa shape index (κ2) is 4.88. The Labute approximate surface area is 101 Å². The van der Waals surface area contributed by atoms with Crippen LogP contribution in [-0.4, -0.2) is 31.0 Å². The summed E-state index contributed by atoms with van der Waals surface area (Å²) in [5.74, 6) is -1.10. The lowest BCUT2D eigenvalue weighted by Crippen LogP contribution is -2.00. The van der Waals surface area contributed by atoms with Gasteiger partial charge in [0.2, 0.25) is 0 Å². The molecule has 2 heterocycles. The molecule has 0 amide bonds. The van der Waals surface area contributed by atoms with Gasteiger partial charge in [-0.25, -0.2) is 24.7 Å². The van der Waals surface area contributed by atoms with Gasteiger partial charge in [-0.2, -0.15) is 0 Å². The predicted molar refractivity (Wildman–Crippen MR) is 59.9 cm³/mol. The summed E-state index contributed by atoms with van der Waals surface area (Å²) in [6.07, 6.45) is 4.25. The molecule has 17 heavy (non-hydrogen) atoms. The number of aryl methyl sites for hydroxylation is 1. The molecule has 0 spiro atoms. The second-order valence-electron chi connectivity index (χ2n) is 3.13. The van der Waals surface area contributed by atoms with Crippen molar-refractivity contribution in [1.29, 1.82) is 0 Å². The van der Waals surface area contributed by atoms with Gasteiger partial charge in [-0.05, 0) is 24.8 Å². The van der Waals surface area contributed by atoms with E-state index in [1.54, 1.807) is 12.3 Å². The lowest BCUT2D eigenvalue weighted by molar-refractivity contribution is 0.0689. The molecule has 1 N–H and O–H groups in total. The van der Waals surface area contributed by atoms with Crippen molar-refractivity contribution in [3.05, 3.63) is 36.0 Å². The van der Waals surface area contributed by atoms with Crippen LogP contribution in [0.5, 0.6) is 0 Å². The Bertz CT molecular complexity index is 544. The molecule has 7 heteroatoms. The number of nitrogens with zero attached hydrogens (tertiary/aromatic N) is 4. The van der Waals surface area contributed by atoms with E-state index < -0.39 is 5.97 Å². The average molecular weight is 248 g/mol. The maximum absolute atomic E-state index is 10.6. The molecule has 0 fully saturated rings. The van der Waals surface area contributed by atoms with E-state index in [2.05, 4.69) is 19.9 Å². The molecule has 0 aromatic carbocycles. The molecule has 0 aliphatic rings. The zero-order valence-corrected chi connectivity index (χ0v) is 9.68. The molecule has 0 bridgehead atoms. The Morgan fingerprint density at radius 2 is 2.12 bits per heavy atom. The van der Waals surface area contributed by atoms with Crippen molar-refractivity contribution in [2.75, 3.05) is 0 Å². The summed E-state index contributed by atoms with van der Waals surface area (Å²) in [5, 5.41) is 9.78. The minimum absolute atomic E-state index is 0.0838. The SMILES string of the molecule is Cc1ccnc(Sc2cnc(C(=O)O)cn2)n1. The van der Waals surface area contributed by atoms with Gasteiger partial charge >= 0.3 is 5.97 Å². The van der Waals surface area contributed by atoms with Gasteiger partial charge in [0.05, 0.1) is 12.4 Å². The third kappa shape index (κ3) is 2.97. The standard InChI is InChI=1S/C10H8N4O2S/c1-6-2-3-11-10(14-6)17-8-5-12-7(4-13-8)9(15)16/h2-5H,1H3,(H,15,16). The fourth-order valence-corrected chi connectivity index (χ4v) is 1.75. The van der Waals surface area contributed by atoms with Gasteiger partial charge in [0.15, 0.2) is 10.9 Å². The van der Waals surface area contributed by atoms with Crippen LogP contribution in [0, 0.1) is 6.92 Å². The highest BCUT2D eigenvalue weighted by Gasteiger charge is 2.06. The topological polar surface area (TPSA) is 88.9 Å². The first-order chi connectivity index (χ1) is 8.15. The Balaban J connectivity index is 2.16. The van der Waals surface area contributed by atoms with E-state index in [1.165, 1.54) is 24.2 Å². The van der Waals surface area contributed by atoms with Crippen molar-refractivity contribution >= 4 is 17.7 Å². The minimum Gasteiger partial charge on any atom is -0.476 e. The molecule has 2 aromatic heterocycles. The third-order valence-electron chi connectivity index (χ3n) is 1.82. The number of carboxylic acid groups (broad SMARTS) is 1. The summed E-state index contributed by atoms with van der Waals surface area (Å²) in [6.45, 7) is 1.87. The lowest BCUT2D eigenvalue weighted by Gasteiger charge is -1.99. The molecule has 0 radical (unpaired) electrons. The quantitative estimate of drug-likeness (QED) is 0.821. The van der Waals surface area contributed by atoms with Crippen LogP contribution >= 0.6 is 11.8 Å². The van der Waals surface area contributed by atoms with Crippen LogP contribution in [0.2, 0.25) is 0 Å². The van der Waals surface area contributed by atoms with E-state index in [0.717, 1.165) is 5.69 Å². The van der Waals surface area contributed by atoms with Crippen molar-refractivity contribution in [3.8, 4) is 0 Å². The highest BCUT2D eigenvalue weighted by Crippen LogP contribution is 2.21. The van der Waals surface area contributed by atoms with Gasteiger partial charge < -0.3 is 5.11 Å². The fraction of sp³-hybridized carbons (Fsp3) is 0.100. The van der Waals surface area contributed by atoms with Crippen molar-refractivity contribution in [2.45, 2.75) is 17.1 Å². The molecule has 0 aliphatic heterocycles. The molecule has 86 valence electrons. The largest absolute Gasteiger partial charge is 0.476 e. The molecule has 0 aliphatic carbocycles. The van der Waals surface area contributed by atoms with Gasteiger partial charge in [0, 0.05) is 11.9 Å². The first-order valence-corrected chi connectivity index (χ1v) is 5.49. The average Bonchev–Trinajstić information content (AvgIpc) is 2.29. The van der Waals surface area contributed by atoms with E-state index in [4.69, 9.17) is 5.11 Å². The molecule has 2 rings (SSSR count). The molecular formula is C10H8N4O2S. The van der Waals surface area contributed by atoms with E-state index in [1.807, 2.05) is 6.92 Å². The number of carbonyl (C=O) groups is 1. The summed E-state index contributed by atoms with van der Waals surface area (Å²) in [5.41, 5.74) is 0.775. The molecule has 0 saturated carbocycles. The first-order valence-electron chi connectivity index (χ1n) is 4.68. The van der Waals surface area contributed by atoms with Gasteiger partial charge in [-0.3, -0.25) is 0 Å². The second-order valence-corrected chi connectivity index (χ2v) is 4.12. The van der Waals surface area contributed by atoms with Crippen molar-refractivity contribution < 1.29 is 9.90 Å². The smallest absolute Gasteiger partial charge is 0.356 e. The molecule has 0 saturated heterocycles. The number of aromatic nitrogens is 4. The van der Waals surface area contributed by atoms with E-state index >= 15 is 0 Å². The lowest BCUT2D eigenvalue weighted by atomic mass is 10.5. The summed E-state index contributed by atoms with van der Waals surface area (Å²) in [6, 6.07) is 1.79. The molecule has 2 aromatic rings. The van der Waals surface area contributed by atoms with Crippen molar-refractivity contribution in [1.82, 2.24) is 19.9 Å². The van der Waals surface area contributed by atoms with Crippen LogP contribution in [0.4, 0.5) is 0 Å². The summed E-state index contributed by atoms with van der Waals surface area (Å²) >= 11 is 1.23. The zero-order chi connectivity index (χ0) is 12.3. The van der Waals surface area contributed by atoms with Crippen LogP contribution < -0.4 is 0 Å². The predicted octanol–water partition coefficient (Wildman–Crippen LogP) is 1.42. The number of hydrogen-bond acceptors (Lipinski definition) is 6. The van der Waals surface area contributed by atoms with Gasteiger partial charge in [0.25, 0.3) is 0 Å². The normalized spacial score (nSPS) is 10.2. The van der Waals surface area contributed by atoms with Gasteiger partial charge in [-0.15, -0.1) is 0 Å². The number of hydrogen-bond donors (Lipinski definition) is 1. The highest BCUT2D eigenvalue weighted by atomic mass is 32.2. The minimum atomic E-state index is -1.10. The van der Waals surface area contributed by atoms with Gasteiger partial charge in [-0.1, -0.05) is 0 Å². The Hall–Kier alpha value is -2.02.